The van der Waals surface area contributed by atoms with Gasteiger partial charge in [0.25, 0.3) is 5.91 Å². The maximum atomic E-state index is 12.9. The molecule has 202 valence electrons. The third-order valence-electron chi connectivity index (χ3n) is 4.58. The van der Waals surface area contributed by atoms with E-state index in [0.717, 1.165) is 17.4 Å². The van der Waals surface area contributed by atoms with E-state index in [1.165, 1.54) is 38.5 Å². The van der Waals surface area contributed by atoms with Gasteiger partial charge in [0.15, 0.2) is 5.01 Å². The van der Waals surface area contributed by atoms with Crippen molar-refractivity contribution in [2.75, 3.05) is 6.54 Å². The number of thiazole rings is 1. The van der Waals surface area contributed by atoms with Gasteiger partial charge in [0, 0.05) is 18.5 Å². The number of benzene rings is 1. The van der Waals surface area contributed by atoms with E-state index in [1.807, 2.05) is 0 Å². The molecule has 0 fully saturated rings. The van der Waals surface area contributed by atoms with Crippen molar-refractivity contribution in [2.24, 2.45) is 0 Å². The molecule has 36 heavy (non-hydrogen) atoms. The van der Waals surface area contributed by atoms with Gasteiger partial charge in [0.05, 0.1) is 31.8 Å². The largest absolute Gasteiger partial charge is 0.404 e. The highest BCUT2D eigenvalue weighted by Crippen LogP contribution is 2.42. The Bertz CT molecular complexity index is 1240. The first-order valence-electron chi connectivity index (χ1n) is 10.4. The molecule has 4 N–H and O–H groups in total. The van der Waals surface area contributed by atoms with Crippen LogP contribution in [0, 0.1) is 0 Å². The molecule has 0 bridgehead atoms. The van der Waals surface area contributed by atoms with Crippen LogP contribution in [0.2, 0.25) is 10.0 Å². The molecular formula is C21H26Cl2F3N3O5S2. The molecule has 1 aromatic carbocycles. The van der Waals surface area contributed by atoms with Crippen molar-refractivity contribution in [1.82, 2.24) is 15.0 Å². The van der Waals surface area contributed by atoms with Crippen LogP contribution in [0.25, 0.3) is 10.4 Å². The zero-order valence-corrected chi connectivity index (χ0v) is 23.1. The van der Waals surface area contributed by atoms with E-state index in [2.05, 4.69) is 10.3 Å². The van der Waals surface area contributed by atoms with Gasteiger partial charge in [-0.3, -0.25) is 4.79 Å². The predicted octanol–water partition coefficient (Wildman–Crippen LogP) is 4.16. The lowest BCUT2D eigenvalue weighted by molar-refractivity contribution is -0.147. The monoisotopic (exact) mass is 591 g/mol. The second-order valence-corrected chi connectivity index (χ2v) is 12.8. The minimum atomic E-state index is -4.82. The fraction of sp³-hybridized carbons (Fsp3) is 0.524. The molecule has 0 aliphatic heterocycles. The van der Waals surface area contributed by atoms with Crippen LogP contribution in [-0.4, -0.2) is 59.5 Å². The molecule has 1 heterocycles. The Balaban J connectivity index is 2.55. The molecule has 0 spiro atoms. The Morgan fingerprint density at radius 2 is 1.69 bits per heavy atom. The van der Waals surface area contributed by atoms with Crippen molar-refractivity contribution >= 4 is 50.5 Å². The number of amides is 1. The molecule has 1 unspecified atom stereocenters. The Kier molecular flexibility index (Phi) is 9.15. The van der Waals surface area contributed by atoms with Crippen molar-refractivity contribution < 1.29 is 36.6 Å². The number of hydrogen-bond donors (Lipinski definition) is 4. The number of carbonyl (C=O) groups excluding carboxylic acids is 1. The Morgan fingerprint density at radius 1 is 1.11 bits per heavy atom. The molecule has 2 rings (SSSR count). The summed E-state index contributed by atoms with van der Waals surface area (Å²) in [5.74, 6) is -0.600. The standard InChI is InChI=1S/C21H26Cl2F3N3O5S2/c1-10(21(24,25)26)29-36(33,34)13-7-6-11(14(22)15(13)23)16-12(8-19(2,3)31)28-18(35-16)17(30)27-9-20(4,5)32/h6-7,10,29,31-32H,8-9H2,1-5H3,(H,27,30). The zero-order chi connectivity index (χ0) is 27.9. The highest BCUT2D eigenvalue weighted by Gasteiger charge is 2.39. The summed E-state index contributed by atoms with van der Waals surface area (Å²) in [6.07, 6.45) is -4.84. The molecule has 2 aromatic rings. The number of nitrogens with one attached hydrogen (secondary N) is 2. The number of hydrogen-bond acceptors (Lipinski definition) is 7. The van der Waals surface area contributed by atoms with Crippen LogP contribution >= 0.6 is 34.5 Å². The first-order valence-corrected chi connectivity index (χ1v) is 13.5. The predicted molar refractivity (Wildman–Crippen MR) is 132 cm³/mol. The van der Waals surface area contributed by atoms with Crippen LogP contribution in [0.5, 0.6) is 0 Å². The first kappa shape index (κ1) is 30.7. The third kappa shape index (κ3) is 8.01. The van der Waals surface area contributed by atoms with Crippen molar-refractivity contribution in [3.63, 3.8) is 0 Å². The SMILES string of the molecule is CC(NS(=O)(=O)c1ccc(-c2sc(C(=O)NCC(C)(C)O)nc2CC(C)(C)O)c(Cl)c1Cl)C(F)(F)F. The van der Waals surface area contributed by atoms with Crippen LogP contribution in [0.3, 0.4) is 0 Å². The van der Waals surface area contributed by atoms with Crippen LogP contribution in [0.15, 0.2) is 17.0 Å². The average molecular weight is 592 g/mol. The third-order valence-corrected chi connectivity index (χ3v) is 8.28. The summed E-state index contributed by atoms with van der Waals surface area (Å²) in [6, 6.07) is -0.140. The maximum Gasteiger partial charge on any atom is 0.404 e. The van der Waals surface area contributed by atoms with Gasteiger partial charge in [-0.05, 0) is 40.7 Å². The summed E-state index contributed by atoms with van der Waals surface area (Å²) in [5, 5.41) is 21.9. The summed E-state index contributed by atoms with van der Waals surface area (Å²) in [5.41, 5.74) is -2.00. The number of rotatable bonds is 9. The van der Waals surface area contributed by atoms with Gasteiger partial charge in [-0.15, -0.1) is 11.3 Å². The molecule has 1 atom stereocenters. The normalized spacial score (nSPS) is 14.1. The summed E-state index contributed by atoms with van der Waals surface area (Å²) in [7, 11) is -4.69. The molecule has 0 saturated carbocycles. The molecular weight excluding hydrogens is 566 g/mol. The second-order valence-electron chi connectivity index (χ2n) is 9.40. The number of halogens is 5. The van der Waals surface area contributed by atoms with Crippen molar-refractivity contribution in [3.8, 4) is 10.4 Å². The second kappa shape index (κ2) is 10.7. The van der Waals surface area contributed by atoms with Gasteiger partial charge in [0.1, 0.15) is 10.9 Å². The van der Waals surface area contributed by atoms with Crippen LogP contribution < -0.4 is 10.0 Å². The highest BCUT2D eigenvalue weighted by atomic mass is 35.5. The molecule has 1 amide bonds. The molecule has 0 radical (unpaired) electrons. The Hall–Kier alpha value is -1.48. The van der Waals surface area contributed by atoms with Crippen molar-refractivity contribution in [1.29, 1.82) is 0 Å². The van der Waals surface area contributed by atoms with Crippen LogP contribution in [0.1, 0.15) is 50.1 Å². The number of aromatic nitrogens is 1. The van der Waals surface area contributed by atoms with E-state index in [4.69, 9.17) is 23.2 Å². The Labute approximate surface area is 220 Å². The van der Waals surface area contributed by atoms with Gasteiger partial charge in [-0.25, -0.2) is 13.4 Å². The summed E-state index contributed by atoms with van der Waals surface area (Å²) in [6.45, 7) is 6.62. The number of aliphatic hydroxyl groups is 2. The van der Waals surface area contributed by atoms with Crippen LogP contribution in [-0.2, 0) is 16.4 Å². The summed E-state index contributed by atoms with van der Waals surface area (Å²) in [4.78, 5) is 16.5. The van der Waals surface area contributed by atoms with Crippen LogP contribution in [0.4, 0.5) is 13.2 Å². The molecule has 15 heteroatoms. The number of carbonyl (C=O) groups is 1. The van der Waals surface area contributed by atoms with Gasteiger partial charge in [0.2, 0.25) is 10.0 Å². The van der Waals surface area contributed by atoms with Crippen molar-refractivity contribution in [2.45, 2.75) is 69.4 Å². The van der Waals surface area contributed by atoms with Gasteiger partial charge >= 0.3 is 6.18 Å². The lowest BCUT2D eigenvalue weighted by Crippen LogP contribution is -2.43. The summed E-state index contributed by atoms with van der Waals surface area (Å²) < 4.78 is 65.2. The first-order chi connectivity index (χ1) is 16.1. The molecule has 0 aliphatic rings. The fourth-order valence-corrected chi connectivity index (χ4v) is 6.02. The Morgan fingerprint density at radius 3 is 2.19 bits per heavy atom. The minimum Gasteiger partial charge on any atom is -0.390 e. The van der Waals surface area contributed by atoms with E-state index in [9.17, 15) is 36.6 Å². The van der Waals surface area contributed by atoms with E-state index in [0.29, 0.717) is 11.8 Å². The highest BCUT2D eigenvalue weighted by molar-refractivity contribution is 7.89. The van der Waals surface area contributed by atoms with Crippen molar-refractivity contribution in [3.05, 3.63) is 32.9 Å². The van der Waals surface area contributed by atoms with E-state index >= 15 is 0 Å². The number of nitrogens with zero attached hydrogens (tertiary/aromatic N) is 1. The lowest BCUT2D eigenvalue weighted by atomic mass is 10.0. The average Bonchev–Trinajstić information content (AvgIpc) is 3.08. The smallest absolute Gasteiger partial charge is 0.390 e. The van der Waals surface area contributed by atoms with Gasteiger partial charge < -0.3 is 15.5 Å². The molecule has 0 aliphatic carbocycles. The minimum absolute atomic E-state index is 0.0157. The number of alkyl halides is 3. The maximum absolute atomic E-state index is 12.9. The topological polar surface area (TPSA) is 129 Å². The summed E-state index contributed by atoms with van der Waals surface area (Å²) >= 11 is 13.4. The van der Waals surface area contributed by atoms with E-state index in [1.54, 1.807) is 0 Å². The van der Waals surface area contributed by atoms with Gasteiger partial charge in [-0.1, -0.05) is 29.3 Å². The lowest BCUT2D eigenvalue weighted by Gasteiger charge is -2.19. The number of sulfonamides is 1. The van der Waals surface area contributed by atoms with Gasteiger partial charge in [-0.2, -0.15) is 17.9 Å². The molecule has 1 aromatic heterocycles. The molecule has 8 nitrogen and oxygen atoms in total. The van der Waals surface area contributed by atoms with E-state index < -0.39 is 49.3 Å². The quantitative estimate of drug-likeness (QED) is 0.346. The van der Waals surface area contributed by atoms with E-state index in [-0.39, 0.29) is 34.3 Å². The zero-order valence-electron chi connectivity index (χ0n) is 19.9. The molecule has 0 saturated heterocycles. The fourth-order valence-electron chi connectivity index (χ4n) is 2.84.